The zero-order valence-electron chi connectivity index (χ0n) is 16.4. The molecule has 5 rings (SSSR count). The highest BCUT2D eigenvalue weighted by Gasteiger charge is 2.48. The van der Waals surface area contributed by atoms with Gasteiger partial charge in [-0.15, -0.1) is 0 Å². The van der Waals surface area contributed by atoms with E-state index in [2.05, 4.69) is 33.4 Å². The molecule has 146 valence electrons. The first kappa shape index (κ1) is 18.0. The van der Waals surface area contributed by atoms with Gasteiger partial charge in [-0.25, -0.2) is 0 Å². The van der Waals surface area contributed by atoms with Crippen LogP contribution in [0.15, 0.2) is 48.9 Å². The maximum absolute atomic E-state index is 9.30. The van der Waals surface area contributed by atoms with E-state index in [1.54, 1.807) is 21.9 Å². The molecule has 1 aliphatic carbocycles. The van der Waals surface area contributed by atoms with Gasteiger partial charge in [0, 0.05) is 36.0 Å². The summed E-state index contributed by atoms with van der Waals surface area (Å²) in [6.07, 6.45) is 6.88. The van der Waals surface area contributed by atoms with Crippen molar-refractivity contribution in [2.24, 2.45) is 13.0 Å². The van der Waals surface area contributed by atoms with E-state index in [1.165, 1.54) is 0 Å². The standard InChI is InChI=1S/C22H18N8/c1-29-8-4-19(27-29)16-9-18(17-3-2-7-25-20(17)10-16)21-14-26-30(28-21)22(5-6-23)11-15(12-22)13-24/h2-4,7-10,14-15H,5,11-12H2,1H3/t15-,22+. The number of hydrogen-bond donors (Lipinski definition) is 0. The molecule has 8 nitrogen and oxygen atoms in total. The molecule has 8 heteroatoms. The monoisotopic (exact) mass is 394 g/mol. The molecule has 0 radical (unpaired) electrons. The number of rotatable bonds is 4. The number of benzene rings is 1. The Hall–Kier alpha value is -4.04. The first-order valence-electron chi connectivity index (χ1n) is 9.70. The molecule has 0 saturated heterocycles. The van der Waals surface area contributed by atoms with Gasteiger partial charge >= 0.3 is 0 Å². The van der Waals surface area contributed by atoms with Gasteiger partial charge in [-0.3, -0.25) is 9.67 Å². The molecular formula is C22H18N8. The molecule has 0 atom stereocenters. The molecule has 0 amide bonds. The van der Waals surface area contributed by atoms with Crippen LogP contribution in [0.4, 0.5) is 0 Å². The van der Waals surface area contributed by atoms with Crippen LogP contribution in [0.2, 0.25) is 0 Å². The van der Waals surface area contributed by atoms with Crippen molar-refractivity contribution in [2.45, 2.75) is 24.8 Å². The van der Waals surface area contributed by atoms with Gasteiger partial charge in [-0.05, 0) is 37.1 Å². The summed E-state index contributed by atoms with van der Waals surface area (Å²) in [5.74, 6) is -0.0506. The minimum atomic E-state index is -0.500. The Bertz CT molecular complexity index is 1330. The summed E-state index contributed by atoms with van der Waals surface area (Å²) in [7, 11) is 1.89. The summed E-state index contributed by atoms with van der Waals surface area (Å²) in [5.41, 5.74) is 3.78. The topological polar surface area (TPSA) is 109 Å². The number of nitriles is 2. The summed E-state index contributed by atoms with van der Waals surface area (Å²) in [6, 6.07) is 14.5. The second-order valence-corrected chi connectivity index (χ2v) is 7.78. The predicted molar refractivity (Wildman–Crippen MR) is 110 cm³/mol. The molecule has 1 saturated carbocycles. The van der Waals surface area contributed by atoms with Crippen molar-refractivity contribution in [1.82, 2.24) is 29.8 Å². The van der Waals surface area contributed by atoms with Gasteiger partial charge in [0.2, 0.25) is 0 Å². The average molecular weight is 394 g/mol. The van der Waals surface area contributed by atoms with E-state index >= 15 is 0 Å². The molecule has 3 aromatic heterocycles. The van der Waals surface area contributed by atoms with E-state index in [0.29, 0.717) is 18.5 Å². The normalized spacial score (nSPS) is 20.4. The summed E-state index contributed by atoms with van der Waals surface area (Å²) in [5, 5.41) is 33.2. The third-order valence-corrected chi connectivity index (χ3v) is 5.77. The van der Waals surface area contributed by atoms with Crippen LogP contribution in [0.1, 0.15) is 19.3 Å². The fourth-order valence-corrected chi connectivity index (χ4v) is 4.20. The fourth-order valence-electron chi connectivity index (χ4n) is 4.20. The quantitative estimate of drug-likeness (QED) is 0.524. The second-order valence-electron chi connectivity index (χ2n) is 7.78. The molecule has 0 spiro atoms. The number of pyridine rings is 1. The van der Waals surface area contributed by atoms with Crippen LogP contribution in [-0.4, -0.2) is 29.8 Å². The number of nitrogens with zero attached hydrogens (tertiary/aromatic N) is 8. The van der Waals surface area contributed by atoms with Gasteiger partial charge in [0.15, 0.2) is 0 Å². The van der Waals surface area contributed by atoms with Crippen LogP contribution < -0.4 is 0 Å². The van der Waals surface area contributed by atoms with E-state index in [9.17, 15) is 10.5 Å². The van der Waals surface area contributed by atoms with Crippen LogP contribution in [0.25, 0.3) is 33.4 Å². The Balaban J connectivity index is 1.62. The molecule has 3 heterocycles. The summed E-state index contributed by atoms with van der Waals surface area (Å²) in [6.45, 7) is 0. The van der Waals surface area contributed by atoms with Gasteiger partial charge in [0.1, 0.15) is 5.69 Å². The largest absolute Gasteiger partial charge is 0.275 e. The third-order valence-electron chi connectivity index (χ3n) is 5.77. The molecular weight excluding hydrogens is 376 g/mol. The van der Waals surface area contributed by atoms with Crippen LogP contribution in [0.5, 0.6) is 0 Å². The van der Waals surface area contributed by atoms with E-state index < -0.39 is 5.54 Å². The summed E-state index contributed by atoms with van der Waals surface area (Å²) < 4.78 is 1.77. The van der Waals surface area contributed by atoms with Crippen LogP contribution in [-0.2, 0) is 12.6 Å². The van der Waals surface area contributed by atoms with Crippen LogP contribution >= 0.6 is 0 Å². The Morgan fingerprint density at radius 3 is 2.77 bits per heavy atom. The first-order chi connectivity index (χ1) is 14.6. The maximum atomic E-state index is 9.30. The van der Waals surface area contributed by atoms with Crippen molar-refractivity contribution in [3.05, 3.63) is 48.9 Å². The molecule has 0 unspecified atom stereocenters. The first-order valence-corrected chi connectivity index (χ1v) is 9.70. The van der Waals surface area contributed by atoms with Gasteiger partial charge < -0.3 is 0 Å². The Labute approximate surface area is 173 Å². The number of fused-ring (bicyclic) bond motifs is 1. The lowest BCUT2D eigenvalue weighted by Crippen LogP contribution is -2.47. The molecule has 1 aliphatic rings. The maximum Gasteiger partial charge on any atom is 0.113 e. The van der Waals surface area contributed by atoms with Gasteiger partial charge in [0.05, 0.1) is 47.4 Å². The zero-order chi connectivity index (χ0) is 20.7. The van der Waals surface area contributed by atoms with E-state index in [1.807, 2.05) is 37.5 Å². The molecule has 4 aromatic rings. The molecule has 0 bridgehead atoms. The summed E-state index contributed by atoms with van der Waals surface area (Å²) >= 11 is 0. The number of aryl methyl sites for hydroxylation is 1. The van der Waals surface area contributed by atoms with E-state index in [-0.39, 0.29) is 12.3 Å². The minimum Gasteiger partial charge on any atom is -0.275 e. The van der Waals surface area contributed by atoms with Crippen molar-refractivity contribution in [3.8, 4) is 34.7 Å². The van der Waals surface area contributed by atoms with Gasteiger partial charge in [-0.2, -0.15) is 30.6 Å². The fraction of sp³-hybridized carbons (Fsp3) is 0.273. The lowest BCUT2D eigenvalue weighted by atomic mass is 9.68. The van der Waals surface area contributed by atoms with Crippen molar-refractivity contribution in [2.75, 3.05) is 0 Å². The zero-order valence-corrected chi connectivity index (χ0v) is 16.4. The third kappa shape index (κ3) is 2.82. The van der Waals surface area contributed by atoms with Gasteiger partial charge in [-0.1, -0.05) is 6.07 Å². The highest BCUT2D eigenvalue weighted by atomic mass is 15.5. The number of aromatic nitrogens is 6. The minimum absolute atomic E-state index is 0.0506. The van der Waals surface area contributed by atoms with E-state index in [0.717, 1.165) is 27.7 Å². The highest BCUT2D eigenvalue weighted by molar-refractivity contribution is 5.96. The lowest BCUT2D eigenvalue weighted by molar-refractivity contribution is 0.0713. The second kappa shape index (κ2) is 6.78. The molecule has 0 N–H and O–H groups in total. The average Bonchev–Trinajstić information content (AvgIpc) is 3.39. The smallest absolute Gasteiger partial charge is 0.113 e. The van der Waals surface area contributed by atoms with Crippen molar-refractivity contribution >= 4 is 10.9 Å². The van der Waals surface area contributed by atoms with E-state index in [4.69, 9.17) is 5.10 Å². The van der Waals surface area contributed by atoms with Gasteiger partial charge in [0.25, 0.3) is 0 Å². The molecule has 30 heavy (non-hydrogen) atoms. The molecule has 1 aromatic carbocycles. The summed E-state index contributed by atoms with van der Waals surface area (Å²) in [4.78, 5) is 6.16. The highest BCUT2D eigenvalue weighted by Crippen LogP contribution is 2.45. The molecule has 1 fully saturated rings. The predicted octanol–water partition coefficient (Wildman–Crippen LogP) is 3.44. The lowest BCUT2D eigenvalue weighted by Gasteiger charge is -2.42. The molecule has 0 aliphatic heterocycles. The SMILES string of the molecule is Cn1ccc(-c2cc(-c3cnn([C@]4(CC#N)C[C@H](C#N)C4)n3)c3cccnc3c2)n1. The van der Waals surface area contributed by atoms with Crippen molar-refractivity contribution < 1.29 is 0 Å². The van der Waals surface area contributed by atoms with Crippen molar-refractivity contribution in [3.63, 3.8) is 0 Å². The Morgan fingerprint density at radius 1 is 1.17 bits per heavy atom. The van der Waals surface area contributed by atoms with Crippen LogP contribution in [0, 0.1) is 28.6 Å². The van der Waals surface area contributed by atoms with Crippen molar-refractivity contribution in [1.29, 1.82) is 10.5 Å². The van der Waals surface area contributed by atoms with Crippen LogP contribution in [0.3, 0.4) is 0 Å². The Morgan fingerprint density at radius 2 is 2.03 bits per heavy atom. The number of hydrogen-bond acceptors (Lipinski definition) is 6. The Kier molecular flexibility index (Phi) is 4.07.